The molecule has 1 fully saturated rings. The molecule has 1 aromatic heterocycles. The molecule has 5 nitrogen and oxygen atoms in total. The lowest BCUT2D eigenvalue weighted by atomic mass is 9.90. The van der Waals surface area contributed by atoms with Gasteiger partial charge < -0.3 is 9.80 Å². The van der Waals surface area contributed by atoms with E-state index in [-0.39, 0.29) is 11.7 Å². The molecule has 1 amide bonds. The van der Waals surface area contributed by atoms with E-state index < -0.39 is 0 Å². The van der Waals surface area contributed by atoms with Crippen molar-refractivity contribution in [3.63, 3.8) is 0 Å². The van der Waals surface area contributed by atoms with E-state index in [1.165, 1.54) is 29.2 Å². The zero-order valence-corrected chi connectivity index (χ0v) is 21.4. The molecule has 0 unspecified atom stereocenters. The number of carbonyl (C=O) groups is 1. The Morgan fingerprint density at radius 2 is 1.80 bits per heavy atom. The van der Waals surface area contributed by atoms with Crippen molar-refractivity contribution in [2.45, 2.75) is 51.9 Å². The molecule has 0 radical (unpaired) electrons. The molecule has 4 rings (SSSR count). The summed E-state index contributed by atoms with van der Waals surface area (Å²) in [6.07, 6.45) is 6.46. The molecule has 0 atom stereocenters. The fourth-order valence-electron chi connectivity index (χ4n) is 4.60. The molecule has 0 spiro atoms. The third-order valence-electron chi connectivity index (χ3n) is 6.71. The number of carbonyl (C=O) groups excluding carboxylic acids is 1. The summed E-state index contributed by atoms with van der Waals surface area (Å²) < 4.78 is 17.7. The topological polar surface area (TPSA) is 49.3 Å². The number of amides is 1. The van der Waals surface area contributed by atoms with Gasteiger partial charge in [0.15, 0.2) is 0 Å². The average molecular weight is 495 g/mol. The third-order valence-corrected chi connectivity index (χ3v) is 7.53. The molecule has 2 heterocycles. The van der Waals surface area contributed by atoms with Gasteiger partial charge in [-0.3, -0.25) is 4.79 Å². The normalized spacial score (nSPS) is 14.3. The van der Waals surface area contributed by atoms with Crippen LogP contribution in [0.3, 0.4) is 0 Å². The summed E-state index contributed by atoms with van der Waals surface area (Å²) in [7, 11) is 0. The second-order valence-electron chi connectivity index (χ2n) is 9.40. The number of anilines is 1. The van der Waals surface area contributed by atoms with E-state index in [2.05, 4.69) is 46.5 Å². The first kappa shape index (κ1) is 25.3. The highest BCUT2D eigenvalue weighted by molar-refractivity contribution is 7.09. The minimum Gasteiger partial charge on any atom is -0.346 e. The number of aromatic nitrogens is 2. The Morgan fingerprint density at radius 3 is 2.51 bits per heavy atom. The van der Waals surface area contributed by atoms with Gasteiger partial charge in [0.1, 0.15) is 11.6 Å². The maximum absolute atomic E-state index is 13.2. The SMILES string of the molecule is CCCCN(CCC(=O)N1CCC(Cc2ccccc2)CC1)c1nc(Cc2ccc(F)cc2)ns1. The van der Waals surface area contributed by atoms with Crippen molar-refractivity contribution in [1.82, 2.24) is 14.3 Å². The summed E-state index contributed by atoms with van der Waals surface area (Å²) in [6.45, 7) is 5.41. The van der Waals surface area contributed by atoms with Crippen LogP contribution in [0.1, 0.15) is 56.0 Å². The zero-order valence-electron chi connectivity index (χ0n) is 20.5. The summed E-state index contributed by atoms with van der Waals surface area (Å²) >= 11 is 1.38. The van der Waals surface area contributed by atoms with Crippen LogP contribution >= 0.6 is 11.5 Å². The van der Waals surface area contributed by atoms with E-state index in [9.17, 15) is 9.18 Å². The van der Waals surface area contributed by atoms with E-state index in [1.54, 1.807) is 12.1 Å². The van der Waals surface area contributed by atoms with Gasteiger partial charge in [-0.15, -0.1) is 0 Å². The maximum Gasteiger partial charge on any atom is 0.224 e. The fourth-order valence-corrected chi connectivity index (χ4v) is 5.34. The zero-order chi connectivity index (χ0) is 24.5. The second kappa shape index (κ2) is 12.8. The smallest absolute Gasteiger partial charge is 0.224 e. The van der Waals surface area contributed by atoms with Crippen molar-refractivity contribution in [1.29, 1.82) is 0 Å². The lowest BCUT2D eigenvalue weighted by Crippen LogP contribution is -2.40. The van der Waals surface area contributed by atoms with Gasteiger partial charge in [-0.1, -0.05) is 55.8 Å². The van der Waals surface area contributed by atoms with Crippen molar-refractivity contribution >= 4 is 22.6 Å². The molecular weight excluding hydrogens is 459 g/mol. The molecule has 0 saturated carbocycles. The van der Waals surface area contributed by atoms with Gasteiger partial charge in [0.2, 0.25) is 11.0 Å². The first-order valence-electron chi connectivity index (χ1n) is 12.7. The minimum absolute atomic E-state index is 0.237. The van der Waals surface area contributed by atoms with E-state index in [0.29, 0.717) is 25.3 Å². The highest BCUT2D eigenvalue weighted by Gasteiger charge is 2.23. The predicted octanol–water partition coefficient (Wildman–Crippen LogP) is 5.75. The number of benzene rings is 2. The van der Waals surface area contributed by atoms with Crippen molar-refractivity contribution in [3.8, 4) is 0 Å². The molecule has 0 bridgehead atoms. The molecule has 7 heteroatoms. The molecule has 186 valence electrons. The van der Waals surface area contributed by atoms with E-state index in [1.807, 2.05) is 4.90 Å². The lowest BCUT2D eigenvalue weighted by Gasteiger charge is -2.33. The van der Waals surface area contributed by atoms with Gasteiger partial charge in [-0.2, -0.15) is 4.37 Å². The number of unbranched alkanes of at least 4 members (excludes halogenated alkanes) is 1. The standard InChI is InChI=1S/C28H35FN4OS/c1-2-3-16-33(28-30-26(31-35-28)21-23-9-11-25(29)12-10-23)19-15-27(34)32-17-13-24(14-18-32)20-22-7-5-4-6-8-22/h4-12,24H,2-3,13-21H2,1H3. The molecule has 0 aliphatic carbocycles. The Balaban J connectivity index is 1.27. The Kier molecular flexibility index (Phi) is 9.23. The van der Waals surface area contributed by atoms with Crippen LogP contribution in [0.2, 0.25) is 0 Å². The van der Waals surface area contributed by atoms with E-state index in [0.717, 1.165) is 68.3 Å². The van der Waals surface area contributed by atoms with Gasteiger partial charge in [-0.05, 0) is 54.9 Å². The Morgan fingerprint density at radius 1 is 1.06 bits per heavy atom. The molecule has 1 aliphatic heterocycles. The summed E-state index contributed by atoms with van der Waals surface area (Å²) in [5, 5.41) is 0.866. The molecule has 3 aromatic rings. The first-order chi connectivity index (χ1) is 17.1. The van der Waals surface area contributed by atoms with Crippen LogP contribution in [0.4, 0.5) is 9.52 Å². The average Bonchev–Trinajstić information content (AvgIpc) is 3.34. The predicted molar refractivity (Wildman–Crippen MR) is 140 cm³/mol. The van der Waals surface area contributed by atoms with Gasteiger partial charge in [-0.25, -0.2) is 9.37 Å². The molecule has 2 aromatic carbocycles. The number of likely N-dealkylation sites (tertiary alicyclic amines) is 1. The monoisotopic (exact) mass is 494 g/mol. The fraction of sp³-hybridized carbons (Fsp3) is 0.464. The highest BCUT2D eigenvalue weighted by Crippen LogP contribution is 2.23. The van der Waals surface area contributed by atoms with Crippen LogP contribution in [0.5, 0.6) is 0 Å². The number of piperidine rings is 1. The molecule has 0 N–H and O–H groups in total. The first-order valence-corrected chi connectivity index (χ1v) is 13.5. The minimum atomic E-state index is -0.239. The summed E-state index contributed by atoms with van der Waals surface area (Å²) in [5.74, 6) is 1.39. The summed E-state index contributed by atoms with van der Waals surface area (Å²) in [6, 6.07) is 17.1. The maximum atomic E-state index is 13.2. The van der Waals surface area contributed by atoms with Gasteiger partial charge in [0.05, 0.1) is 0 Å². The molecule has 1 aliphatic rings. The molecular formula is C28H35FN4OS. The summed E-state index contributed by atoms with van der Waals surface area (Å²) in [5.41, 5.74) is 2.38. The quantitative estimate of drug-likeness (QED) is 0.341. The van der Waals surface area contributed by atoms with Gasteiger partial charge in [0.25, 0.3) is 0 Å². The Labute approximate surface area is 212 Å². The van der Waals surface area contributed by atoms with Gasteiger partial charge >= 0.3 is 0 Å². The molecule has 35 heavy (non-hydrogen) atoms. The van der Waals surface area contributed by atoms with Crippen LogP contribution in [-0.2, 0) is 17.6 Å². The summed E-state index contributed by atoms with van der Waals surface area (Å²) in [4.78, 5) is 22.0. The Hall–Kier alpha value is -2.80. The van der Waals surface area contributed by atoms with E-state index in [4.69, 9.17) is 4.98 Å². The van der Waals surface area contributed by atoms with Crippen molar-refractivity contribution in [2.75, 3.05) is 31.1 Å². The second-order valence-corrected chi connectivity index (χ2v) is 10.1. The number of hydrogen-bond acceptors (Lipinski definition) is 5. The van der Waals surface area contributed by atoms with Crippen LogP contribution in [0.25, 0.3) is 0 Å². The number of rotatable bonds is 11. The number of hydrogen-bond donors (Lipinski definition) is 0. The van der Waals surface area contributed by atoms with Gasteiger partial charge in [0, 0.05) is 50.6 Å². The third kappa shape index (κ3) is 7.59. The lowest BCUT2D eigenvalue weighted by molar-refractivity contribution is -0.132. The van der Waals surface area contributed by atoms with Crippen LogP contribution < -0.4 is 4.90 Å². The van der Waals surface area contributed by atoms with E-state index >= 15 is 0 Å². The highest BCUT2D eigenvalue weighted by atomic mass is 32.1. The Bertz CT molecular complexity index is 1050. The van der Waals surface area contributed by atoms with Crippen molar-refractivity contribution < 1.29 is 9.18 Å². The molecule has 1 saturated heterocycles. The number of nitrogens with zero attached hydrogens (tertiary/aromatic N) is 4. The van der Waals surface area contributed by atoms with Crippen LogP contribution in [0, 0.1) is 11.7 Å². The van der Waals surface area contributed by atoms with Crippen LogP contribution in [-0.4, -0.2) is 46.3 Å². The largest absolute Gasteiger partial charge is 0.346 e. The van der Waals surface area contributed by atoms with Crippen molar-refractivity contribution in [2.24, 2.45) is 5.92 Å². The number of halogens is 1. The van der Waals surface area contributed by atoms with Crippen molar-refractivity contribution in [3.05, 3.63) is 77.4 Å². The van der Waals surface area contributed by atoms with Crippen LogP contribution in [0.15, 0.2) is 54.6 Å².